The van der Waals surface area contributed by atoms with Crippen molar-refractivity contribution in [1.82, 2.24) is 15.6 Å². The van der Waals surface area contributed by atoms with Gasteiger partial charge in [0.1, 0.15) is 0 Å². The third-order valence-electron chi connectivity index (χ3n) is 2.31. The summed E-state index contributed by atoms with van der Waals surface area (Å²) in [5.74, 6) is 0.514. The van der Waals surface area contributed by atoms with Crippen LogP contribution in [-0.2, 0) is 11.2 Å². The van der Waals surface area contributed by atoms with Crippen molar-refractivity contribution >= 4 is 5.91 Å². The highest BCUT2D eigenvalue weighted by Crippen LogP contribution is 1.97. The Morgan fingerprint density at radius 1 is 1.38 bits per heavy atom. The van der Waals surface area contributed by atoms with Crippen LogP contribution in [0.4, 0.5) is 0 Å². The van der Waals surface area contributed by atoms with Crippen molar-refractivity contribution < 1.29 is 4.79 Å². The lowest BCUT2D eigenvalue weighted by atomic mass is 10.1. The molecule has 1 aromatic heterocycles. The summed E-state index contributed by atoms with van der Waals surface area (Å²) in [5, 5.41) is 6.00. The summed E-state index contributed by atoms with van der Waals surface area (Å²) in [6.07, 6.45) is 3.83. The zero-order valence-electron chi connectivity index (χ0n) is 9.86. The van der Waals surface area contributed by atoms with Crippen molar-refractivity contribution in [3.8, 4) is 0 Å². The predicted molar refractivity (Wildman–Crippen MR) is 64.0 cm³/mol. The molecule has 0 aliphatic carbocycles. The lowest BCUT2D eigenvalue weighted by Crippen LogP contribution is -2.33. The highest BCUT2D eigenvalue weighted by molar-refractivity contribution is 5.78. The van der Waals surface area contributed by atoms with Crippen molar-refractivity contribution in [3.05, 3.63) is 30.1 Å². The number of aromatic nitrogens is 1. The zero-order chi connectivity index (χ0) is 11.8. The van der Waals surface area contributed by atoms with Gasteiger partial charge in [-0.1, -0.05) is 6.92 Å². The number of hydrogen-bond donors (Lipinski definition) is 2. The number of nitrogens with one attached hydrogen (secondary N) is 2. The van der Waals surface area contributed by atoms with Crippen LogP contribution in [0.15, 0.2) is 24.5 Å². The van der Waals surface area contributed by atoms with Crippen molar-refractivity contribution in [3.63, 3.8) is 0 Å². The topological polar surface area (TPSA) is 54.0 Å². The van der Waals surface area contributed by atoms with Crippen molar-refractivity contribution in [2.45, 2.75) is 13.3 Å². The van der Waals surface area contributed by atoms with Crippen LogP contribution in [0.1, 0.15) is 12.5 Å². The van der Waals surface area contributed by atoms with Gasteiger partial charge in [0, 0.05) is 18.9 Å². The molecule has 1 aromatic rings. The molecule has 0 spiro atoms. The molecule has 0 saturated carbocycles. The molecule has 1 rings (SSSR count). The molecule has 1 heterocycles. The molecule has 0 radical (unpaired) electrons. The molecule has 4 nitrogen and oxygen atoms in total. The van der Waals surface area contributed by atoms with Gasteiger partial charge in [0.2, 0.25) is 5.91 Å². The molecule has 0 aromatic carbocycles. The molecule has 16 heavy (non-hydrogen) atoms. The average molecular weight is 221 g/mol. The highest BCUT2D eigenvalue weighted by atomic mass is 16.1. The molecule has 1 atom stereocenters. The Morgan fingerprint density at radius 2 is 2.06 bits per heavy atom. The number of hydrogen-bond acceptors (Lipinski definition) is 3. The van der Waals surface area contributed by atoms with E-state index in [2.05, 4.69) is 22.5 Å². The molecule has 0 aliphatic rings. The quantitative estimate of drug-likeness (QED) is 0.739. The minimum atomic E-state index is 0.0640. The molecule has 0 fully saturated rings. The fourth-order valence-corrected chi connectivity index (χ4v) is 1.46. The largest absolute Gasteiger partial charge is 0.355 e. The van der Waals surface area contributed by atoms with E-state index in [1.54, 1.807) is 12.4 Å². The Balaban J connectivity index is 2.26. The number of amides is 1. The summed E-state index contributed by atoms with van der Waals surface area (Å²) >= 11 is 0. The first kappa shape index (κ1) is 12.6. The standard InChI is InChI=1S/C12H19N3O/c1-10(8-13-2)9-15-12(16)7-11-3-5-14-6-4-11/h3-6,10,13H,7-9H2,1-2H3,(H,15,16). The van der Waals surface area contributed by atoms with Crippen LogP contribution in [0.2, 0.25) is 0 Å². The van der Waals surface area contributed by atoms with Gasteiger partial charge in [-0.3, -0.25) is 9.78 Å². The maximum absolute atomic E-state index is 11.6. The fraction of sp³-hybridized carbons (Fsp3) is 0.500. The van der Waals surface area contributed by atoms with E-state index in [1.165, 1.54) is 0 Å². The van der Waals surface area contributed by atoms with E-state index in [1.807, 2.05) is 19.2 Å². The minimum absolute atomic E-state index is 0.0640. The zero-order valence-corrected chi connectivity index (χ0v) is 9.86. The Hall–Kier alpha value is -1.42. The minimum Gasteiger partial charge on any atom is -0.355 e. The smallest absolute Gasteiger partial charge is 0.224 e. The Bertz CT molecular complexity index is 313. The van der Waals surface area contributed by atoms with Gasteiger partial charge in [-0.2, -0.15) is 0 Å². The van der Waals surface area contributed by atoms with Crippen molar-refractivity contribution in [2.24, 2.45) is 5.92 Å². The Labute approximate surface area is 96.5 Å². The van der Waals surface area contributed by atoms with E-state index in [9.17, 15) is 4.79 Å². The van der Waals surface area contributed by atoms with E-state index >= 15 is 0 Å². The van der Waals surface area contributed by atoms with E-state index in [4.69, 9.17) is 0 Å². The predicted octanol–water partition coefficient (Wildman–Crippen LogP) is 0.596. The van der Waals surface area contributed by atoms with Gasteiger partial charge >= 0.3 is 0 Å². The summed E-state index contributed by atoms with van der Waals surface area (Å²) in [6, 6.07) is 3.72. The second-order valence-corrected chi connectivity index (χ2v) is 4.00. The molecule has 0 aliphatic heterocycles. The van der Waals surface area contributed by atoms with Gasteiger partial charge in [0.05, 0.1) is 6.42 Å². The SMILES string of the molecule is CNCC(C)CNC(=O)Cc1ccncc1. The molecule has 2 N–H and O–H groups in total. The summed E-state index contributed by atoms with van der Waals surface area (Å²) in [5.41, 5.74) is 0.994. The van der Waals surface area contributed by atoms with Gasteiger partial charge in [0.25, 0.3) is 0 Å². The van der Waals surface area contributed by atoms with Crippen molar-refractivity contribution in [1.29, 1.82) is 0 Å². The average Bonchev–Trinajstić information content (AvgIpc) is 2.28. The maximum atomic E-state index is 11.6. The van der Waals surface area contributed by atoms with Gasteiger partial charge in [-0.05, 0) is 37.2 Å². The summed E-state index contributed by atoms with van der Waals surface area (Å²) < 4.78 is 0. The molecular formula is C12H19N3O. The van der Waals surface area contributed by atoms with E-state index in [0.717, 1.165) is 12.1 Å². The van der Waals surface area contributed by atoms with Crippen LogP contribution < -0.4 is 10.6 Å². The molecule has 0 bridgehead atoms. The highest BCUT2D eigenvalue weighted by Gasteiger charge is 2.05. The monoisotopic (exact) mass is 221 g/mol. The summed E-state index contributed by atoms with van der Waals surface area (Å²) in [4.78, 5) is 15.5. The fourth-order valence-electron chi connectivity index (χ4n) is 1.46. The molecule has 1 unspecified atom stereocenters. The second-order valence-electron chi connectivity index (χ2n) is 4.00. The lowest BCUT2D eigenvalue weighted by Gasteiger charge is -2.11. The summed E-state index contributed by atoms with van der Waals surface area (Å²) in [7, 11) is 1.91. The van der Waals surface area contributed by atoms with Crippen LogP contribution in [0, 0.1) is 5.92 Å². The van der Waals surface area contributed by atoms with Gasteiger partial charge in [0.15, 0.2) is 0 Å². The first-order chi connectivity index (χ1) is 7.72. The van der Waals surface area contributed by atoms with E-state index in [0.29, 0.717) is 18.9 Å². The van der Waals surface area contributed by atoms with Gasteiger partial charge in [-0.15, -0.1) is 0 Å². The van der Waals surface area contributed by atoms with E-state index < -0.39 is 0 Å². The van der Waals surface area contributed by atoms with Gasteiger partial charge in [-0.25, -0.2) is 0 Å². The number of pyridine rings is 1. The molecule has 88 valence electrons. The number of carbonyl (C=O) groups excluding carboxylic acids is 1. The van der Waals surface area contributed by atoms with Crippen LogP contribution >= 0.6 is 0 Å². The number of nitrogens with zero attached hydrogens (tertiary/aromatic N) is 1. The van der Waals surface area contributed by atoms with Crippen LogP contribution in [0.3, 0.4) is 0 Å². The van der Waals surface area contributed by atoms with Crippen LogP contribution in [0.25, 0.3) is 0 Å². The van der Waals surface area contributed by atoms with Gasteiger partial charge < -0.3 is 10.6 Å². The molecule has 4 heteroatoms. The summed E-state index contributed by atoms with van der Waals surface area (Å²) in [6.45, 7) is 3.73. The molecule has 0 saturated heterocycles. The second kappa shape index (κ2) is 6.95. The molecule has 1 amide bonds. The Morgan fingerprint density at radius 3 is 2.69 bits per heavy atom. The Kier molecular flexibility index (Phi) is 5.50. The number of carbonyl (C=O) groups is 1. The lowest BCUT2D eigenvalue weighted by molar-refractivity contribution is -0.120. The van der Waals surface area contributed by atoms with Crippen molar-refractivity contribution in [2.75, 3.05) is 20.1 Å². The van der Waals surface area contributed by atoms with Crippen LogP contribution in [-0.4, -0.2) is 31.0 Å². The number of rotatable bonds is 6. The maximum Gasteiger partial charge on any atom is 0.224 e. The van der Waals surface area contributed by atoms with Crippen LogP contribution in [0.5, 0.6) is 0 Å². The van der Waals surface area contributed by atoms with E-state index in [-0.39, 0.29) is 5.91 Å². The first-order valence-electron chi connectivity index (χ1n) is 5.52. The third kappa shape index (κ3) is 4.89. The normalized spacial score (nSPS) is 12.1. The molecular weight excluding hydrogens is 202 g/mol. The first-order valence-corrected chi connectivity index (χ1v) is 5.52. The third-order valence-corrected chi connectivity index (χ3v) is 2.31.